The van der Waals surface area contributed by atoms with Gasteiger partial charge in [-0.25, -0.2) is 10.1 Å². The van der Waals surface area contributed by atoms with Crippen molar-refractivity contribution in [1.82, 2.24) is 0 Å². The van der Waals surface area contributed by atoms with Crippen molar-refractivity contribution in [2.24, 2.45) is 5.41 Å². The zero-order valence-electron chi connectivity index (χ0n) is 22.0. The first-order valence-electron chi connectivity index (χ1n) is 12.7. The Hall–Kier alpha value is -2.84. The number of nitriles is 1. The molecule has 0 unspecified atom stereocenters. The minimum absolute atomic E-state index is 0.0492. The first-order valence-corrected chi connectivity index (χ1v) is 12.7. The zero-order valence-corrected chi connectivity index (χ0v) is 22.0. The Kier molecular flexibility index (Phi) is 6.02. The van der Waals surface area contributed by atoms with Crippen LogP contribution in [0.15, 0.2) is 52.8 Å². The molecular weight excluding hydrogens is 412 g/mol. The molecule has 0 saturated carbocycles. The Morgan fingerprint density at radius 2 is 1.62 bits per heavy atom. The smallest absolute Gasteiger partial charge is 0.226 e. The Bertz CT molecular complexity index is 1170. The second kappa shape index (κ2) is 8.43. The predicted molar refractivity (Wildman–Crippen MR) is 142 cm³/mol. The lowest BCUT2D eigenvalue weighted by atomic mass is 9.59. The van der Waals surface area contributed by atoms with Gasteiger partial charge in [0.05, 0.1) is 12.6 Å². The molecule has 2 heteroatoms. The van der Waals surface area contributed by atoms with Gasteiger partial charge in [0, 0.05) is 0 Å². The topological polar surface area (TPSA) is 28.1 Å². The summed E-state index contributed by atoms with van der Waals surface area (Å²) in [5.74, 6) is 0.718. The molecule has 34 heavy (non-hydrogen) atoms. The lowest BCUT2D eigenvalue weighted by molar-refractivity contribution is 0.320. The lowest BCUT2D eigenvalue weighted by Crippen LogP contribution is -2.34. The third-order valence-electron chi connectivity index (χ3n) is 8.25. The van der Waals surface area contributed by atoms with Crippen molar-refractivity contribution < 1.29 is 0 Å². The summed E-state index contributed by atoms with van der Waals surface area (Å²) in [4.78, 5) is 3.49. The summed E-state index contributed by atoms with van der Waals surface area (Å²) in [5.41, 5.74) is 9.70. The Balaban J connectivity index is 1.79. The summed E-state index contributed by atoms with van der Waals surface area (Å²) in [6.45, 7) is 23.6. The Morgan fingerprint density at radius 1 is 1.03 bits per heavy atom. The Labute approximate surface area is 206 Å². The minimum atomic E-state index is -0.0492. The van der Waals surface area contributed by atoms with E-state index in [9.17, 15) is 5.26 Å². The third kappa shape index (κ3) is 4.44. The van der Waals surface area contributed by atoms with Crippen LogP contribution in [0.3, 0.4) is 0 Å². The molecule has 0 N–H and O–H groups in total. The summed E-state index contributed by atoms with van der Waals surface area (Å²) in [7, 11) is 0. The maximum Gasteiger partial charge on any atom is 0.265 e. The molecule has 0 amide bonds. The molecule has 2 nitrogen and oxygen atoms in total. The van der Waals surface area contributed by atoms with Crippen molar-refractivity contribution >= 4 is 6.08 Å². The highest BCUT2D eigenvalue weighted by Crippen LogP contribution is 2.53. The van der Waals surface area contributed by atoms with Gasteiger partial charge in [-0.05, 0) is 93.2 Å². The molecule has 3 aliphatic rings. The highest BCUT2D eigenvalue weighted by molar-refractivity contribution is 5.63. The van der Waals surface area contributed by atoms with E-state index in [2.05, 4.69) is 89.7 Å². The normalized spacial score (nSPS) is 22.9. The number of benzene rings is 1. The van der Waals surface area contributed by atoms with Crippen LogP contribution in [-0.2, 0) is 10.8 Å². The summed E-state index contributed by atoms with van der Waals surface area (Å²) in [6.07, 6.45) is 14.5. The second-order valence-electron chi connectivity index (χ2n) is 12.7. The number of rotatable bonds is 2. The van der Waals surface area contributed by atoms with Crippen LogP contribution in [0.4, 0.5) is 0 Å². The second-order valence-corrected chi connectivity index (χ2v) is 12.7. The van der Waals surface area contributed by atoms with E-state index in [0.717, 1.165) is 22.6 Å². The van der Waals surface area contributed by atoms with E-state index in [-0.39, 0.29) is 21.9 Å². The van der Waals surface area contributed by atoms with Crippen molar-refractivity contribution in [3.63, 3.8) is 0 Å². The van der Waals surface area contributed by atoms with Crippen LogP contribution in [0.2, 0.25) is 0 Å². The van der Waals surface area contributed by atoms with Gasteiger partial charge < -0.3 is 0 Å². The zero-order chi connectivity index (χ0) is 24.9. The monoisotopic (exact) mass is 450 g/mol. The van der Waals surface area contributed by atoms with Crippen molar-refractivity contribution in [1.29, 1.82) is 5.26 Å². The van der Waals surface area contributed by atoms with E-state index in [1.165, 1.54) is 31.2 Å². The molecule has 0 radical (unpaired) electrons. The van der Waals surface area contributed by atoms with Gasteiger partial charge >= 0.3 is 0 Å². The lowest BCUT2D eigenvalue weighted by Gasteiger charge is -2.45. The quantitative estimate of drug-likeness (QED) is 0.326. The molecule has 0 spiro atoms. The van der Waals surface area contributed by atoms with Gasteiger partial charge in [0.2, 0.25) is 0 Å². The van der Waals surface area contributed by atoms with Crippen LogP contribution in [0, 0.1) is 23.3 Å². The van der Waals surface area contributed by atoms with Crippen LogP contribution in [0.5, 0.6) is 0 Å². The molecule has 1 aromatic rings. The van der Waals surface area contributed by atoms with E-state index in [4.69, 9.17) is 6.57 Å². The SMILES string of the molecule is [C-]#[N+]C(C#N)=C1C=C(C(C)(C)C)C=C(C=Cc2cc3c4c(c2)C(C)(C)CCC4CCC3(C)C)C1. The van der Waals surface area contributed by atoms with Crippen LogP contribution < -0.4 is 0 Å². The molecule has 176 valence electrons. The Morgan fingerprint density at radius 3 is 2.12 bits per heavy atom. The van der Waals surface area contributed by atoms with Crippen molar-refractivity contribution in [3.8, 4) is 6.07 Å². The largest absolute Gasteiger partial charge is 0.265 e. The summed E-state index contributed by atoms with van der Waals surface area (Å²) in [5, 5.41) is 9.47. The van der Waals surface area contributed by atoms with Gasteiger partial charge in [-0.2, -0.15) is 0 Å². The summed E-state index contributed by atoms with van der Waals surface area (Å²) >= 11 is 0. The third-order valence-corrected chi connectivity index (χ3v) is 8.25. The van der Waals surface area contributed by atoms with E-state index in [1.54, 1.807) is 16.7 Å². The average Bonchev–Trinajstić information content (AvgIpc) is 2.76. The molecule has 0 heterocycles. The number of hydrogen-bond donors (Lipinski definition) is 0. The fraction of sp³-hybridized carbons (Fsp3) is 0.500. The van der Waals surface area contributed by atoms with Gasteiger partial charge in [0.25, 0.3) is 5.70 Å². The van der Waals surface area contributed by atoms with Gasteiger partial charge in [-0.1, -0.05) is 84.9 Å². The van der Waals surface area contributed by atoms with E-state index in [1.807, 2.05) is 6.08 Å². The standard InChI is InChI=1S/C32H38N2/c1-30(2,3)25-16-21(15-24(19-25)28(20-33)34-8)9-10-22-17-26-29-23(11-13-31(26,4)5)12-14-32(6,7)27(29)18-22/h9-10,16-19,23H,11-15H2,1-7H3. The molecule has 1 aromatic carbocycles. The van der Waals surface area contributed by atoms with Crippen LogP contribution in [0.1, 0.15) is 109 Å². The van der Waals surface area contributed by atoms with Crippen LogP contribution >= 0.6 is 0 Å². The highest BCUT2D eigenvalue weighted by atomic mass is 14.7. The molecule has 0 fully saturated rings. The molecule has 0 saturated heterocycles. The fourth-order valence-corrected chi connectivity index (χ4v) is 5.92. The average molecular weight is 451 g/mol. The molecular formula is C32H38N2. The van der Waals surface area contributed by atoms with Crippen LogP contribution in [-0.4, -0.2) is 0 Å². The molecule has 0 aliphatic heterocycles. The predicted octanol–water partition coefficient (Wildman–Crippen LogP) is 8.93. The van der Waals surface area contributed by atoms with Crippen molar-refractivity contribution in [3.05, 3.63) is 86.4 Å². The number of allylic oxidation sites excluding steroid dienone is 7. The number of nitrogens with zero attached hydrogens (tertiary/aromatic N) is 2. The summed E-state index contributed by atoms with van der Waals surface area (Å²) in [6, 6.07) is 6.96. The molecule has 3 aliphatic carbocycles. The van der Waals surface area contributed by atoms with E-state index < -0.39 is 0 Å². The fourth-order valence-electron chi connectivity index (χ4n) is 5.92. The molecule has 0 aromatic heterocycles. The first-order chi connectivity index (χ1) is 15.9. The maximum atomic E-state index is 9.47. The minimum Gasteiger partial charge on any atom is -0.226 e. The van der Waals surface area contributed by atoms with Gasteiger partial charge in [-0.15, -0.1) is 0 Å². The van der Waals surface area contributed by atoms with E-state index >= 15 is 0 Å². The van der Waals surface area contributed by atoms with E-state index in [0.29, 0.717) is 6.42 Å². The summed E-state index contributed by atoms with van der Waals surface area (Å²) < 4.78 is 0. The van der Waals surface area contributed by atoms with Gasteiger partial charge in [0.1, 0.15) is 0 Å². The molecule has 0 atom stereocenters. The van der Waals surface area contributed by atoms with Gasteiger partial charge in [-0.3, -0.25) is 0 Å². The highest BCUT2D eigenvalue weighted by Gasteiger charge is 2.40. The van der Waals surface area contributed by atoms with Gasteiger partial charge in [0.15, 0.2) is 0 Å². The maximum absolute atomic E-state index is 9.47. The molecule has 0 bridgehead atoms. The molecule has 4 rings (SSSR count). The van der Waals surface area contributed by atoms with Crippen molar-refractivity contribution in [2.45, 2.75) is 97.3 Å². The first kappa shape index (κ1) is 24.3. The van der Waals surface area contributed by atoms with Crippen molar-refractivity contribution in [2.75, 3.05) is 0 Å². The number of hydrogen-bond acceptors (Lipinski definition) is 1. The van der Waals surface area contributed by atoms with Crippen LogP contribution in [0.25, 0.3) is 10.9 Å².